The van der Waals surface area contributed by atoms with E-state index in [-0.39, 0.29) is 17.0 Å². The number of ether oxygens (including phenoxy) is 1. The molecule has 0 unspecified atom stereocenters. The predicted molar refractivity (Wildman–Crippen MR) is 93.0 cm³/mol. The highest BCUT2D eigenvalue weighted by Crippen LogP contribution is 2.52. The summed E-state index contributed by atoms with van der Waals surface area (Å²) in [4.78, 5) is 12.9. The van der Waals surface area contributed by atoms with Gasteiger partial charge in [-0.3, -0.25) is 10.5 Å². The smallest absolute Gasteiger partial charge is 0.225 e. The fourth-order valence-corrected chi connectivity index (χ4v) is 2.85. The van der Waals surface area contributed by atoms with Gasteiger partial charge in [0.2, 0.25) is 11.5 Å². The maximum Gasteiger partial charge on any atom is 0.225 e. The number of nitrogen functional groups attached to an aromatic ring is 3. The largest absolute Gasteiger partial charge is 0.508 e. The van der Waals surface area contributed by atoms with Crippen molar-refractivity contribution < 1.29 is 24.9 Å². The molecule has 138 valence electrons. The molecular weight excluding hydrogens is 344 g/mol. The summed E-state index contributed by atoms with van der Waals surface area (Å²) >= 11 is 0. The van der Waals surface area contributed by atoms with Crippen LogP contribution in [0.25, 0.3) is 0 Å². The lowest BCUT2D eigenvalue weighted by molar-refractivity contribution is -0.0114. The zero-order chi connectivity index (χ0) is 19.6. The number of anilines is 3. The standard InChI is InChI=1S/C15H18N6O5/c16-6-3-4(22)1-2-5(6)15(21)14(19,20)13(25)7-10(23)8(17)11(24)9(18)12(7)26-15/h1-3,22-24H,16-21H2/t15-/m1/s1. The molecule has 0 saturated heterocycles. The van der Waals surface area contributed by atoms with Crippen LogP contribution >= 0.6 is 0 Å². The number of hydrogen-bond donors (Lipinski definition) is 9. The van der Waals surface area contributed by atoms with E-state index in [1.807, 2.05) is 0 Å². The van der Waals surface area contributed by atoms with E-state index < -0.39 is 51.4 Å². The summed E-state index contributed by atoms with van der Waals surface area (Å²) in [5, 5.41) is 29.6. The van der Waals surface area contributed by atoms with Crippen molar-refractivity contribution in [1.29, 1.82) is 0 Å². The molecule has 26 heavy (non-hydrogen) atoms. The van der Waals surface area contributed by atoms with Crippen LogP contribution in [0, 0.1) is 0 Å². The van der Waals surface area contributed by atoms with Crippen molar-refractivity contribution >= 4 is 22.8 Å². The molecule has 0 spiro atoms. The Morgan fingerprint density at radius 2 is 1.54 bits per heavy atom. The summed E-state index contributed by atoms with van der Waals surface area (Å²) in [6.07, 6.45) is 0. The fourth-order valence-electron chi connectivity index (χ4n) is 2.85. The first kappa shape index (κ1) is 17.4. The van der Waals surface area contributed by atoms with Gasteiger partial charge in [0.25, 0.3) is 0 Å². The third-order valence-corrected chi connectivity index (χ3v) is 4.39. The number of fused-ring (bicyclic) bond motifs is 1. The summed E-state index contributed by atoms with van der Waals surface area (Å²) in [6.45, 7) is 0. The minimum Gasteiger partial charge on any atom is -0.508 e. The number of Topliss-reactive ketones (excluding diaryl/α,β-unsaturated/α-hetero) is 1. The van der Waals surface area contributed by atoms with E-state index in [0.717, 1.165) is 6.07 Å². The maximum absolute atomic E-state index is 12.9. The second kappa shape index (κ2) is 5.05. The quantitative estimate of drug-likeness (QED) is 0.123. The number of phenolic OH excluding ortho intramolecular Hbond substituents is 3. The number of rotatable bonds is 1. The van der Waals surface area contributed by atoms with Crippen LogP contribution in [0.4, 0.5) is 17.1 Å². The van der Waals surface area contributed by atoms with Gasteiger partial charge < -0.3 is 48.7 Å². The van der Waals surface area contributed by atoms with E-state index in [1.165, 1.54) is 12.1 Å². The Balaban J connectivity index is 2.35. The molecule has 1 aliphatic heterocycles. The van der Waals surface area contributed by atoms with Crippen molar-refractivity contribution in [2.75, 3.05) is 17.2 Å². The Hall–Kier alpha value is -3.41. The Bertz CT molecular complexity index is 960. The van der Waals surface area contributed by atoms with Crippen molar-refractivity contribution in [3.05, 3.63) is 29.3 Å². The number of phenols is 3. The van der Waals surface area contributed by atoms with Crippen LogP contribution < -0.4 is 39.1 Å². The number of benzene rings is 2. The lowest BCUT2D eigenvalue weighted by Crippen LogP contribution is -2.77. The molecule has 2 aromatic rings. The molecule has 2 aromatic carbocycles. The van der Waals surface area contributed by atoms with E-state index >= 15 is 0 Å². The fraction of sp³-hybridized carbons (Fsp3) is 0.133. The Morgan fingerprint density at radius 1 is 0.923 bits per heavy atom. The van der Waals surface area contributed by atoms with E-state index in [9.17, 15) is 20.1 Å². The zero-order valence-electron chi connectivity index (χ0n) is 13.4. The van der Waals surface area contributed by atoms with Gasteiger partial charge >= 0.3 is 0 Å². The average molecular weight is 362 g/mol. The molecule has 11 heteroatoms. The highest BCUT2D eigenvalue weighted by Gasteiger charge is 2.59. The number of carbonyl (C=O) groups excluding carboxylic acids is 1. The molecule has 1 atom stereocenters. The second-order valence-corrected chi connectivity index (χ2v) is 6.04. The normalized spacial score (nSPS) is 21.1. The van der Waals surface area contributed by atoms with Gasteiger partial charge in [-0.15, -0.1) is 0 Å². The average Bonchev–Trinajstić information content (AvgIpc) is 2.56. The van der Waals surface area contributed by atoms with Crippen LogP contribution in [-0.4, -0.2) is 26.8 Å². The Kier molecular flexibility index (Phi) is 3.38. The molecule has 0 fully saturated rings. The first-order chi connectivity index (χ1) is 11.9. The van der Waals surface area contributed by atoms with Gasteiger partial charge in [0.1, 0.15) is 22.7 Å². The molecule has 1 aliphatic rings. The number of hydrogen-bond acceptors (Lipinski definition) is 11. The van der Waals surface area contributed by atoms with E-state index in [1.54, 1.807) is 0 Å². The molecule has 0 aromatic heterocycles. The highest BCUT2D eigenvalue weighted by atomic mass is 16.5. The molecule has 3 rings (SSSR count). The summed E-state index contributed by atoms with van der Waals surface area (Å²) < 4.78 is 5.60. The zero-order valence-corrected chi connectivity index (χ0v) is 13.4. The Labute approximate surface area is 146 Å². The van der Waals surface area contributed by atoms with Crippen LogP contribution in [0.1, 0.15) is 15.9 Å². The second-order valence-electron chi connectivity index (χ2n) is 6.04. The molecule has 0 radical (unpaired) electrons. The van der Waals surface area contributed by atoms with Gasteiger partial charge in [-0.2, -0.15) is 0 Å². The topological polar surface area (TPSA) is 243 Å². The van der Waals surface area contributed by atoms with Crippen LogP contribution in [0.5, 0.6) is 23.0 Å². The number of aromatic hydroxyl groups is 3. The van der Waals surface area contributed by atoms with Crippen molar-refractivity contribution in [2.24, 2.45) is 17.2 Å². The summed E-state index contributed by atoms with van der Waals surface area (Å²) in [5.74, 6) is -3.14. The Morgan fingerprint density at radius 3 is 2.12 bits per heavy atom. The number of nitrogens with two attached hydrogens (primary N) is 6. The molecule has 15 N–H and O–H groups in total. The summed E-state index contributed by atoms with van der Waals surface area (Å²) in [7, 11) is 0. The first-order valence-corrected chi connectivity index (χ1v) is 7.25. The molecule has 1 heterocycles. The monoisotopic (exact) mass is 362 g/mol. The van der Waals surface area contributed by atoms with Crippen LogP contribution in [0.15, 0.2) is 18.2 Å². The van der Waals surface area contributed by atoms with Crippen LogP contribution in [-0.2, 0) is 5.72 Å². The highest BCUT2D eigenvalue weighted by molar-refractivity contribution is 6.12. The van der Waals surface area contributed by atoms with E-state index in [0.29, 0.717) is 0 Å². The molecule has 0 aliphatic carbocycles. The summed E-state index contributed by atoms with van der Waals surface area (Å²) in [5.41, 5.74) is 29.1. The van der Waals surface area contributed by atoms with Crippen molar-refractivity contribution in [2.45, 2.75) is 11.4 Å². The van der Waals surface area contributed by atoms with E-state index in [4.69, 9.17) is 39.1 Å². The van der Waals surface area contributed by atoms with Crippen molar-refractivity contribution in [3.8, 4) is 23.0 Å². The molecule has 0 saturated carbocycles. The van der Waals surface area contributed by atoms with Gasteiger partial charge in [0, 0.05) is 17.3 Å². The third kappa shape index (κ3) is 1.95. The van der Waals surface area contributed by atoms with Gasteiger partial charge in [0.15, 0.2) is 22.9 Å². The molecule has 0 amide bonds. The maximum atomic E-state index is 12.9. The van der Waals surface area contributed by atoms with Gasteiger partial charge in [-0.25, -0.2) is 0 Å². The van der Waals surface area contributed by atoms with Crippen LogP contribution in [0.2, 0.25) is 0 Å². The number of carbonyl (C=O) groups is 1. The van der Waals surface area contributed by atoms with Crippen molar-refractivity contribution in [1.82, 2.24) is 0 Å². The summed E-state index contributed by atoms with van der Waals surface area (Å²) in [6, 6.07) is 3.66. The van der Waals surface area contributed by atoms with Gasteiger partial charge in [-0.1, -0.05) is 0 Å². The SMILES string of the molecule is Nc1cc(O)ccc1[C@@]1(N)Oc2c(N)c(O)c(N)c(O)c2C(=O)C1(N)N. The van der Waals surface area contributed by atoms with E-state index in [2.05, 4.69) is 0 Å². The van der Waals surface area contributed by atoms with Crippen LogP contribution in [0.3, 0.4) is 0 Å². The first-order valence-electron chi connectivity index (χ1n) is 7.25. The van der Waals surface area contributed by atoms with Gasteiger partial charge in [-0.05, 0) is 12.1 Å². The van der Waals surface area contributed by atoms with Gasteiger partial charge in [0.05, 0.1) is 0 Å². The lowest BCUT2D eigenvalue weighted by atomic mass is 9.80. The minimum absolute atomic E-state index is 0.0190. The molecular formula is C15H18N6O5. The predicted octanol–water partition coefficient (Wildman–Crippen LogP) is -1.45. The number of ketones is 1. The minimum atomic E-state index is -2.40. The molecule has 11 nitrogen and oxygen atoms in total. The molecule has 0 bridgehead atoms. The van der Waals surface area contributed by atoms with Crippen molar-refractivity contribution in [3.63, 3.8) is 0 Å². The third-order valence-electron chi connectivity index (χ3n) is 4.39. The lowest BCUT2D eigenvalue weighted by Gasteiger charge is -2.46.